The quantitative estimate of drug-likeness (QED) is 0.828. The maximum absolute atomic E-state index is 13.7. The minimum absolute atomic E-state index is 0.0153. The predicted molar refractivity (Wildman–Crippen MR) is 89.8 cm³/mol. The van der Waals surface area contributed by atoms with E-state index in [1.165, 1.54) is 13.2 Å². The van der Waals surface area contributed by atoms with Gasteiger partial charge in [-0.3, -0.25) is 9.69 Å². The molecule has 7 heteroatoms. The number of hydrogen-bond donors (Lipinski definition) is 0. The topological polar surface area (TPSA) is 58.8 Å². The highest BCUT2D eigenvalue weighted by Gasteiger charge is 2.22. The average molecular weight is 347 g/mol. The second-order valence-electron chi connectivity index (χ2n) is 6.23. The van der Waals surface area contributed by atoms with E-state index in [9.17, 15) is 9.18 Å². The van der Waals surface area contributed by atoms with E-state index in [0.717, 1.165) is 31.1 Å². The van der Waals surface area contributed by atoms with Gasteiger partial charge in [0.15, 0.2) is 11.6 Å². The van der Waals surface area contributed by atoms with Crippen molar-refractivity contribution in [3.05, 3.63) is 47.1 Å². The van der Waals surface area contributed by atoms with Crippen LogP contribution in [-0.4, -0.2) is 54.2 Å². The molecule has 1 aliphatic heterocycles. The molecule has 2 heterocycles. The fraction of sp³-hybridized carbons (Fsp3) is 0.444. The fourth-order valence-electron chi connectivity index (χ4n) is 2.98. The van der Waals surface area contributed by atoms with Crippen LogP contribution in [0.25, 0.3) is 0 Å². The number of aryl methyl sites for hydroxylation is 1. The zero-order chi connectivity index (χ0) is 17.8. The molecule has 0 saturated carbocycles. The molecule has 0 atom stereocenters. The molecular weight excluding hydrogens is 325 g/mol. The number of hydrogen-bond acceptors (Lipinski definition) is 5. The van der Waals surface area contributed by atoms with Gasteiger partial charge in [-0.25, -0.2) is 4.39 Å². The van der Waals surface area contributed by atoms with Crippen molar-refractivity contribution in [3.8, 4) is 5.75 Å². The molecule has 2 aromatic rings. The van der Waals surface area contributed by atoms with E-state index in [0.29, 0.717) is 18.7 Å². The Morgan fingerprint density at radius 3 is 2.64 bits per heavy atom. The highest BCUT2D eigenvalue weighted by atomic mass is 19.1. The molecule has 1 aromatic heterocycles. The summed E-state index contributed by atoms with van der Waals surface area (Å²) in [6, 6.07) is 6.56. The molecule has 1 fully saturated rings. The maximum Gasteiger partial charge on any atom is 0.227 e. The Kier molecular flexibility index (Phi) is 5.33. The first kappa shape index (κ1) is 17.4. The van der Waals surface area contributed by atoms with Crippen LogP contribution in [0.15, 0.2) is 28.8 Å². The molecule has 0 aliphatic carbocycles. The van der Waals surface area contributed by atoms with Crippen molar-refractivity contribution in [2.45, 2.75) is 19.9 Å². The van der Waals surface area contributed by atoms with E-state index in [-0.39, 0.29) is 18.1 Å². The molecule has 1 aliphatic rings. The lowest BCUT2D eigenvalue weighted by Crippen LogP contribution is -2.48. The molecule has 0 N–H and O–H groups in total. The van der Waals surface area contributed by atoms with Gasteiger partial charge in [-0.15, -0.1) is 0 Å². The van der Waals surface area contributed by atoms with Gasteiger partial charge in [0, 0.05) is 38.8 Å². The van der Waals surface area contributed by atoms with E-state index < -0.39 is 5.82 Å². The summed E-state index contributed by atoms with van der Waals surface area (Å²) in [6.07, 6.45) is 0.198. The van der Waals surface area contributed by atoms with Gasteiger partial charge in [-0.05, 0) is 24.6 Å². The Bertz CT molecular complexity index is 739. The first-order valence-corrected chi connectivity index (χ1v) is 8.30. The summed E-state index contributed by atoms with van der Waals surface area (Å²) in [5.41, 5.74) is 1.56. The predicted octanol–water partition coefficient (Wildman–Crippen LogP) is 2.02. The number of benzene rings is 1. The van der Waals surface area contributed by atoms with Crippen molar-refractivity contribution in [1.82, 2.24) is 15.0 Å². The van der Waals surface area contributed by atoms with Crippen molar-refractivity contribution >= 4 is 5.91 Å². The molecular formula is C18H22FN3O3. The summed E-state index contributed by atoms with van der Waals surface area (Å²) < 4.78 is 23.7. The van der Waals surface area contributed by atoms with Crippen LogP contribution >= 0.6 is 0 Å². The van der Waals surface area contributed by atoms with Gasteiger partial charge < -0.3 is 14.2 Å². The fourth-order valence-corrected chi connectivity index (χ4v) is 2.98. The Labute approximate surface area is 146 Å². The zero-order valence-electron chi connectivity index (χ0n) is 14.5. The van der Waals surface area contributed by atoms with Crippen LogP contribution in [0.4, 0.5) is 4.39 Å². The number of nitrogens with zero attached hydrogens (tertiary/aromatic N) is 3. The largest absolute Gasteiger partial charge is 0.494 e. The van der Waals surface area contributed by atoms with Crippen LogP contribution in [0.5, 0.6) is 5.75 Å². The Hall–Kier alpha value is -2.41. The highest BCUT2D eigenvalue weighted by molar-refractivity contribution is 5.79. The highest BCUT2D eigenvalue weighted by Crippen LogP contribution is 2.18. The summed E-state index contributed by atoms with van der Waals surface area (Å²) >= 11 is 0. The molecule has 0 unspecified atom stereocenters. The second-order valence-corrected chi connectivity index (χ2v) is 6.23. The van der Waals surface area contributed by atoms with Crippen LogP contribution < -0.4 is 4.74 Å². The third-order valence-electron chi connectivity index (χ3n) is 4.36. The Morgan fingerprint density at radius 2 is 2.04 bits per heavy atom. The number of piperazine rings is 1. The van der Waals surface area contributed by atoms with E-state index in [1.807, 2.05) is 17.9 Å². The van der Waals surface area contributed by atoms with Crippen LogP contribution in [-0.2, 0) is 17.8 Å². The van der Waals surface area contributed by atoms with E-state index >= 15 is 0 Å². The molecule has 25 heavy (non-hydrogen) atoms. The van der Waals surface area contributed by atoms with Gasteiger partial charge in [-0.1, -0.05) is 11.2 Å². The van der Waals surface area contributed by atoms with Gasteiger partial charge in [0.2, 0.25) is 5.91 Å². The Balaban J connectivity index is 1.50. The summed E-state index contributed by atoms with van der Waals surface area (Å²) in [5, 5.41) is 4.00. The molecule has 3 rings (SSSR count). The summed E-state index contributed by atoms with van der Waals surface area (Å²) in [5.74, 6) is 0.561. The van der Waals surface area contributed by atoms with Gasteiger partial charge in [0.1, 0.15) is 5.76 Å². The minimum Gasteiger partial charge on any atom is -0.494 e. The van der Waals surface area contributed by atoms with Gasteiger partial charge in [0.05, 0.1) is 19.2 Å². The summed E-state index contributed by atoms with van der Waals surface area (Å²) in [6.45, 7) is 5.49. The monoisotopic (exact) mass is 347 g/mol. The lowest BCUT2D eigenvalue weighted by molar-refractivity contribution is -0.132. The second kappa shape index (κ2) is 7.65. The molecule has 1 amide bonds. The van der Waals surface area contributed by atoms with Gasteiger partial charge in [0.25, 0.3) is 0 Å². The molecule has 0 spiro atoms. The maximum atomic E-state index is 13.7. The smallest absolute Gasteiger partial charge is 0.227 e. The average Bonchev–Trinajstić information content (AvgIpc) is 3.00. The number of carbonyl (C=O) groups excluding carboxylic acids is 1. The number of methoxy groups -OCH3 is 1. The molecule has 1 aromatic carbocycles. The van der Waals surface area contributed by atoms with Crippen LogP contribution in [0.1, 0.15) is 17.0 Å². The molecule has 6 nitrogen and oxygen atoms in total. The number of aromatic nitrogens is 1. The number of carbonyl (C=O) groups is 1. The molecule has 0 radical (unpaired) electrons. The summed E-state index contributed by atoms with van der Waals surface area (Å²) in [4.78, 5) is 16.5. The van der Waals surface area contributed by atoms with Crippen molar-refractivity contribution in [3.63, 3.8) is 0 Å². The normalized spacial score (nSPS) is 15.4. The first-order valence-electron chi connectivity index (χ1n) is 8.30. The number of amides is 1. The van der Waals surface area contributed by atoms with Crippen molar-refractivity contribution in [2.24, 2.45) is 0 Å². The summed E-state index contributed by atoms with van der Waals surface area (Å²) in [7, 11) is 1.42. The molecule has 1 saturated heterocycles. The number of halogens is 1. The Morgan fingerprint density at radius 1 is 1.28 bits per heavy atom. The number of rotatable bonds is 5. The minimum atomic E-state index is -0.444. The van der Waals surface area contributed by atoms with Crippen molar-refractivity contribution in [2.75, 3.05) is 33.3 Å². The van der Waals surface area contributed by atoms with Crippen molar-refractivity contribution < 1.29 is 18.4 Å². The van der Waals surface area contributed by atoms with Crippen LogP contribution in [0, 0.1) is 12.7 Å². The van der Waals surface area contributed by atoms with E-state index in [4.69, 9.17) is 9.26 Å². The lowest BCUT2D eigenvalue weighted by atomic mass is 10.1. The zero-order valence-corrected chi connectivity index (χ0v) is 14.5. The third-order valence-corrected chi connectivity index (χ3v) is 4.36. The first-order chi connectivity index (χ1) is 12.0. The van der Waals surface area contributed by atoms with Crippen LogP contribution in [0.3, 0.4) is 0 Å². The molecule has 0 bridgehead atoms. The SMILES string of the molecule is COc1ccc(CC(=O)N2CCN(Cc3cc(C)on3)CC2)cc1F. The van der Waals surface area contributed by atoms with Gasteiger partial charge in [-0.2, -0.15) is 0 Å². The van der Waals surface area contributed by atoms with Crippen molar-refractivity contribution in [1.29, 1.82) is 0 Å². The van der Waals surface area contributed by atoms with Crippen LogP contribution in [0.2, 0.25) is 0 Å². The third kappa shape index (κ3) is 4.36. The van der Waals surface area contributed by atoms with Gasteiger partial charge >= 0.3 is 0 Å². The van der Waals surface area contributed by atoms with E-state index in [1.54, 1.807) is 12.1 Å². The standard InChI is InChI=1S/C18H22FN3O3/c1-13-9-15(20-25-13)12-21-5-7-22(8-6-21)18(23)11-14-3-4-17(24-2)16(19)10-14/h3-4,9-10H,5-8,11-12H2,1-2H3. The van der Waals surface area contributed by atoms with E-state index in [2.05, 4.69) is 10.1 Å². The number of ether oxygens (including phenoxy) is 1. The lowest BCUT2D eigenvalue weighted by Gasteiger charge is -2.34. The molecule has 134 valence electrons.